The van der Waals surface area contributed by atoms with Crippen molar-refractivity contribution < 1.29 is 22.8 Å². The molecule has 0 aromatic carbocycles. The molecule has 142 valence electrons. The van der Waals surface area contributed by atoms with Crippen LogP contribution in [0.3, 0.4) is 0 Å². The van der Waals surface area contributed by atoms with E-state index >= 15 is 0 Å². The van der Waals surface area contributed by atoms with Crippen LogP contribution in [0.15, 0.2) is 12.2 Å². The third kappa shape index (κ3) is 11.8. The number of ether oxygens (including phenoxy) is 1. The number of carbonyl (C=O) groups excluding carboxylic acids is 1. The van der Waals surface area contributed by atoms with Gasteiger partial charge < -0.3 is 18.0 Å². The summed E-state index contributed by atoms with van der Waals surface area (Å²) in [6, 6.07) is 0.507. The molecular weight excluding hydrogens is 324 g/mol. The normalized spacial score (nSPS) is 12.0. The quantitative estimate of drug-likeness (QED) is 0.176. The molecule has 0 N–H and O–H groups in total. The summed E-state index contributed by atoms with van der Waals surface area (Å²) in [6.07, 6.45) is 9.18. The molecule has 0 unspecified atom stereocenters. The van der Waals surface area contributed by atoms with E-state index in [9.17, 15) is 4.79 Å². The van der Waals surface area contributed by atoms with Crippen LogP contribution >= 0.6 is 0 Å². The average Bonchev–Trinajstić information content (AvgIpc) is 2.56. The lowest BCUT2D eigenvalue weighted by atomic mass is 10.4. The molecule has 0 rings (SSSR count). The Morgan fingerprint density at radius 1 is 0.833 bits per heavy atom. The van der Waals surface area contributed by atoms with E-state index in [2.05, 4.69) is 20.8 Å². The van der Waals surface area contributed by atoms with Gasteiger partial charge in [-0.25, -0.2) is 4.79 Å². The average molecular weight is 361 g/mol. The molecule has 0 bridgehead atoms. The highest BCUT2D eigenvalue weighted by Gasteiger charge is 2.41. The summed E-state index contributed by atoms with van der Waals surface area (Å²) in [4.78, 5) is 11.5. The first-order chi connectivity index (χ1) is 11.6. The molecule has 0 saturated carbocycles. The molecule has 0 saturated heterocycles. The first-order valence-electron chi connectivity index (χ1n) is 9.35. The van der Waals surface area contributed by atoms with Crippen LogP contribution in [0.2, 0.25) is 6.04 Å². The molecule has 0 fully saturated rings. The Morgan fingerprint density at radius 2 is 1.29 bits per heavy atom. The highest BCUT2D eigenvalue weighted by atomic mass is 28.4. The molecule has 0 amide bonds. The Hall–Kier alpha value is -0.693. The van der Waals surface area contributed by atoms with Crippen molar-refractivity contribution in [3.8, 4) is 0 Å². The van der Waals surface area contributed by atoms with E-state index in [1.54, 1.807) is 13.0 Å². The van der Waals surface area contributed by atoms with E-state index in [0.29, 0.717) is 25.9 Å². The lowest BCUT2D eigenvalue weighted by Gasteiger charge is -2.29. The van der Waals surface area contributed by atoms with Crippen molar-refractivity contribution in [2.45, 2.75) is 72.3 Å². The maximum atomic E-state index is 11.5. The predicted molar refractivity (Wildman–Crippen MR) is 98.9 cm³/mol. The molecule has 5 nitrogen and oxygen atoms in total. The largest absolute Gasteiger partial charge is 0.504 e. The van der Waals surface area contributed by atoms with Crippen molar-refractivity contribution >= 4 is 14.8 Å². The van der Waals surface area contributed by atoms with Gasteiger partial charge in [0.05, 0.1) is 12.7 Å². The fourth-order valence-electron chi connectivity index (χ4n) is 1.92. The second kappa shape index (κ2) is 15.8. The standard InChI is InChI=1S/C18H36O5Si/c1-5-9-13-21-24(22-14-10-6-2,23-15-11-7-3)17-16-20-18(19)12-8-4/h8,12H,5-7,9-11,13-17H2,1-4H3. The highest BCUT2D eigenvalue weighted by Crippen LogP contribution is 2.18. The monoisotopic (exact) mass is 360 g/mol. The van der Waals surface area contributed by atoms with Gasteiger partial charge >= 0.3 is 14.8 Å². The lowest BCUT2D eigenvalue weighted by molar-refractivity contribution is -0.137. The molecule has 0 radical (unpaired) electrons. The third-order valence-electron chi connectivity index (χ3n) is 3.41. The van der Waals surface area contributed by atoms with E-state index in [4.69, 9.17) is 18.0 Å². The zero-order valence-electron chi connectivity index (χ0n) is 16.0. The fraction of sp³-hybridized carbons (Fsp3) is 0.833. The van der Waals surface area contributed by atoms with Crippen molar-refractivity contribution in [2.24, 2.45) is 0 Å². The summed E-state index contributed by atoms with van der Waals surface area (Å²) in [5, 5.41) is 0. The summed E-state index contributed by atoms with van der Waals surface area (Å²) in [5.41, 5.74) is 0. The first kappa shape index (κ1) is 23.3. The Balaban J connectivity index is 4.73. The van der Waals surface area contributed by atoms with Gasteiger partial charge in [0.1, 0.15) is 0 Å². The summed E-state index contributed by atoms with van der Waals surface area (Å²) >= 11 is 0. The Labute approximate surface area is 149 Å². The van der Waals surface area contributed by atoms with Crippen LogP contribution in [0.4, 0.5) is 0 Å². The molecule has 0 aliphatic heterocycles. The van der Waals surface area contributed by atoms with Crippen LogP contribution in [-0.2, 0) is 22.8 Å². The number of hydrogen-bond donors (Lipinski definition) is 0. The Bertz CT molecular complexity index is 307. The summed E-state index contributed by atoms with van der Waals surface area (Å²) in [7, 11) is -2.80. The number of carbonyl (C=O) groups is 1. The Kier molecular flexibility index (Phi) is 15.4. The zero-order valence-corrected chi connectivity index (χ0v) is 17.0. The molecule has 6 heteroatoms. The van der Waals surface area contributed by atoms with E-state index in [1.165, 1.54) is 6.08 Å². The van der Waals surface area contributed by atoms with Gasteiger partial charge in [-0.05, 0) is 26.2 Å². The van der Waals surface area contributed by atoms with Gasteiger partial charge in [-0.1, -0.05) is 46.1 Å². The van der Waals surface area contributed by atoms with Crippen LogP contribution < -0.4 is 0 Å². The topological polar surface area (TPSA) is 54.0 Å². The van der Waals surface area contributed by atoms with Crippen LogP contribution in [-0.4, -0.2) is 41.2 Å². The molecule has 0 aliphatic rings. The number of allylic oxidation sites excluding steroid dienone is 1. The number of unbranched alkanes of at least 4 members (excludes halogenated alkanes) is 3. The van der Waals surface area contributed by atoms with Crippen molar-refractivity contribution in [3.63, 3.8) is 0 Å². The van der Waals surface area contributed by atoms with E-state index < -0.39 is 8.80 Å². The smallest absolute Gasteiger partial charge is 0.463 e. The van der Waals surface area contributed by atoms with E-state index in [-0.39, 0.29) is 12.6 Å². The molecule has 0 aromatic rings. The van der Waals surface area contributed by atoms with Gasteiger partial charge in [0.15, 0.2) is 0 Å². The van der Waals surface area contributed by atoms with E-state index in [0.717, 1.165) is 38.5 Å². The maximum absolute atomic E-state index is 11.5. The third-order valence-corrected chi connectivity index (χ3v) is 6.16. The van der Waals surface area contributed by atoms with Crippen molar-refractivity contribution in [3.05, 3.63) is 12.2 Å². The van der Waals surface area contributed by atoms with E-state index in [1.807, 2.05) is 0 Å². The van der Waals surface area contributed by atoms with Gasteiger partial charge in [0.2, 0.25) is 0 Å². The SMILES string of the molecule is CC=CC(=O)OCC[Si](OCCCC)(OCCCC)OCCCC. The van der Waals surface area contributed by atoms with Crippen LogP contribution in [0.1, 0.15) is 66.2 Å². The van der Waals surface area contributed by atoms with Gasteiger partial charge in [-0.2, -0.15) is 0 Å². The zero-order chi connectivity index (χ0) is 18.1. The summed E-state index contributed by atoms with van der Waals surface area (Å²) in [6.45, 7) is 10.3. The van der Waals surface area contributed by atoms with Gasteiger partial charge in [0.25, 0.3) is 0 Å². The fourth-order valence-corrected chi connectivity index (χ4v) is 4.32. The lowest BCUT2D eigenvalue weighted by Crippen LogP contribution is -2.47. The minimum atomic E-state index is -2.80. The predicted octanol–water partition coefficient (Wildman–Crippen LogP) is 4.49. The van der Waals surface area contributed by atoms with Gasteiger partial charge in [0, 0.05) is 25.9 Å². The number of rotatable bonds is 16. The summed E-state index contributed by atoms with van der Waals surface area (Å²) < 4.78 is 23.5. The molecular formula is C18H36O5Si. The van der Waals surface area contributed by atoms with Crippen LogP contribution in [0.25, 0.3) is 0 Å². The van der Waals surface area contributed by atoms with Crippen LogP contribution in [0, 0.1) is 0 Å². The second-order valence-electron chi connectivity index (χ2n) is 5.71. The molecule has 0 atom stereocenters. The maximum Gasteiger partial charge on any atom is 0.504 e. The first-order valence-corrected chi connectivity index (χ1v) is 11.3. The molecule has 0 heterocycles. The molecule has 0 aliphatic carbocycles. The molecule has 24 heavy (non-hydrogen) atoms. The minimum absolute atomic E-state index is 0.264. The summed E-state index contributed by atoms with van der Waals surface area (Å²) in [5.74, 6) is -0.337. The van der Waals surface area contributed by atoms with Gasteiger partial charge in [-0.15, -0.1) is 0 Å². The Morgan fingerprint density at radius 3 is 1.67 bits per heavy atom. The van der Waals surface area contributed by atoms with Crippen molar-refractivity contribution in [1.82, 2.24) is 0 Å². The minimum Gasteiger partial charge on any atom is -0.463 e. The van der Waals surface area contributed by atoms with Crippen molar-refractivity contribution in [2.75, 3.05) is 26.4 Å². The van der Waals surface area contributed by atoms with Crippen LogP contribution in [0.5, 0.6) is 0 Å². The second-order valence-corrected chi connectivity index (χ2v) is 8.44. The van der Waals surface area contributed by atoms with Crippen molar-refractivity contribution in [1.29, 1.82) is 0 Å². The number of hydrogen-bond acceptors (Lipinski definition) is 5. The van der Waals surface area contributed by atoms with Gasteiger partial charge in [-0.3, -0.25) is 0 Å². The molecule has 0 aromatic heterocycles. The number of esters is 1. The highest BCUT2D eigenvalue weighted by molar-refractivity contribution is 6.60. The molecule has 0 spiro atoms.